The first-order chi connectivity index (χ1) is 12.9. The fourth-order valence-corrected chi connectivity index (χ4v) is 2.48. The van der Waals surface area contributed by atoms with E-state index < -0.39 is 0 Å². The zero-order valence-corrected chi connectivity index (χ0v) is 15.5. The van der Waals surface area contributed by atoms with E-state index in [2.05, 4.69) is 20.6 Å². The van der Waals surface area contributed by atoms with Crippen molar-refractivity contribution < 1.29 is 9.59 Å². The molecule has 0 saturated carbocycles. The third kappa shape index (κ3) is 4.68. The van der Waals surface area contributed by atoms with Crippen LogP contribution in [-0.2, 0) is 0 Å². The lowest BCUT2D eigenvalue weighted by Gasteiger charge is -2.08. The van der Waals surface area contributed by atoms with Crippen LogP contribution in [0.5, 0.6) is 0 Å². The predicted octanol–water partition coefficient (Wildman–Crippen LogP) is 4.64. The lowest BCUT2D eigenvalue weighted by atomic mass is 10.1. The summed E-state index contributed by atoms with van der Waals surface area (Å²) in [6, 6.07) is 12.2. The van der Waals surface area contributed by atoms with Crippen LogP contribution in [0.1, 0.15) is 33.2 Å². The van der Waals surface area contributed by atoms with Gasteiger partial charge in [-0.05, 0) is 55.8 Å². The largest absolute Gasteiger partial charge is 0.324 e. The number of nitrogens with one attached hydrogen (secondary N) is 2. The van der Waals surface area contributed by atoms with Crippen molar-refractivity contribution in [2.75, 3.05) is 10.6 Å². The number of carbonyl (C=O) groups excluding carboxylic acids is 2. The fraction of sp³-hybridized carbons (Fsp3) is 0.100. The average molecular weight is 381 g/mol. The molecule has 1 amide bonds. The zero-order valence-electron chi connectivity index (χ0n) is 14.8. The number of amides is 1. The third-order valence-electron chi connectivity index (χ3n) is 3.89. The molecule has 0 unspecified atom stereocenters. The normalized spacial score (nSPS) is 10.3. The molecule has 2 N–H and O–H groups in total. The summed E-state index contributed by atoms with van der Waals surface area (Å²) in [5.41, 5.74) is 3.22. The van der Waals surface area contributed by atoms with E-state index in [0.717, 1.165) is 11.3 Å². The molecule has 7 heteroatoms. The number of hydrogen-bond acceptors (Lipinski definition) is 5. The quantitative estimate of drug-likeness (QED) is 0.630. The van der Waals surface area contributed by atoms with Crippen LogP contribution in [0.15, 0.2) is 54.9 Å². The van der Waals surface area contributed by atoms with Crippen LogP contribution in [0, 0.1) is 6.92 Å². The van der Waals surface area contributed by atoms with Gasteiger partial charge in [0.05, 0.1) is 5.56 Å². The molecule has 136 valence electrons. The minimum Gasteiger partial charge on any atom is -0.324 e. The number of rotatable bonds is 5. The van der Waals surface area contributed by atoms with Crippen LogP contribution < -0.4 is 10.6 Å². The number of nitrogens with zero attached hydrogens (tertiary/aromatic N) is 2. The van der Waals surface area contributed by atoms with E-state index in [4.69, 9.17) is 11.6 Å². The second-order valence-electron chi connectivity index (χ2n) is 5.97. The van der Waals surface area contributed by atoms with Crippen LogP contribution >= 0.6 is 11.6 Å². The van der Waals surface area contributed by atoms with Gasteiger partial charge in [-0.3, -0.25) is 9.59 Å². The summed E-state index contributed by atoms with van der Waals surface area (Å²) < 4.78 is 0. The molecular formula is C20H17ClN4O2. The molecule has 0 bridgehead atoms. The van der Waals surface area contributed by atoms with Gasteiger partial charge in [-0.1, -0.05) is 17.7 Å². The average Bonchev–Trinajstić information content (AvgIpc) is 2.66. The number of aromatic nitrogens is 2. The third-order valence-corrected chi connectivity index (χ3v) is 4.30. The number of anilines is 3. The maximum atomic E-state index is 12.3. The van der Waals surface area contributed by atoms with Crippen molar-refractivity contribution in [2.24, 2.45) is 0 Å². The Morgan fingerprint density at radius 1 is 0.926 bits per heavy atom. The van der Waals surface area contributed by atoms with Gasteiger partial charge in [0.1, 0.15) is 0 Å². The summed E-state index contributed by atoms with van der Waals surface area (Å²) in [7, 11) is 0. The molecule has 0 aliphatic rings. The summed E-state index contributed by atoms with van der Waals surface area (Å²) in [4.78, 5) is 31.9. The highest BCUT2D eigenvalue weighted by Crippen LogP contribution is 2.21. The Kier molecular flexibility index (Phi) is 5.47. The highest BCUT2D eigenvalue weighted by atomic mass is 35.5. The number of halogens is 1. The summed E-state index contributed by atoms with van der Waals surface area (Å²) in [6.07, 6.45) is 2.87. The molecule has 3 aromatic rings. The Labute approximate surface area is 161 Å². The van der Waals surface area contributed by atoms with Crippen molar-refractivity contribution in [1.82, 2.24) is 9.97 Å². The van der Waals surface area contributed by atoms with Crippen molar-refractivity contribution in [3.8, 4) is 0 Å². The first-order valence-electron chi connectivity index (χ1n) is 8.20. The molecule has 0 fully saturated rings. The lowest BCUT2D eigenvalue weighted by molar-refractivity contribution is 0.101. The Hall–Kier alpha value is -3.25. The second kappa shape index (κ2) is 7.97. The number of aryl methyl sites for hydroxylation is 1. The summed E-state index contributed by atoms with van der Waals surface area (Å²) in [5, 5.41) is 6.42. The van der Waals surface area contributed by atoms with Gasteiger partial charge >= 0.3 is 0 Å². The lowest BCUT2D eigenvalue weighted by Crippen LogP contribution is -2.13. The number of ketones is 1. The Morgan fingerprint density at radius 2 is 1.56 bits per heavy atom. The van der Waals surface area contributed by atoms with Gasteiger partial charge < -0.3 is 10.6 Å². The summed E-state index contributed by atoms with van der Waals surface area (Å²) in [6.45, 7) is 3.41. The van der Waals surface area contributed by atoms with Gasteiger partial charge in [-0.15, -0.1) is 0 Å². The number of carbonyl (C=O) groups is 2. The standard InChI is InChI=1S/C20H17ClN4O2/c1-12-3-6-17(9-18(12)21)25-20-22-10-15(11-23-20)19(27)24-16-7-4-14(5-8-16)13(2)26/h3-11H,1-2H3,(H,24,27)(H,22,23,25). The number of benzene rings is 2. The van der Waals surface area contributed by atoms with Gasteiger partial charge in [0, 0.05) is 34.4 Å². The summed E-state index contributed by atoms with van der Waals surface area (Å²) >= 11 is 6.10. The zero-order chi connectivity index (χ0) is 19.4. The first-order valence-corrected chi connectivity index (χ1v) is 8.58. The minimum absolute atomic E-state index is 0.0285. The van der Waals surface area contributed by atoms with E-state index in [1.54, 1.807) is 30.3 Å². The molecule has 0 spiro atoms. The van der Waals surface area contributed by atoms with Crippen LogP contribution in [0.4, 0.5) is 17.3 Å². The van der Waals surface area contributed by atoms with Gasteiger partial charge in [0.15, 0.2) is 5.78 Å². The molecule has 0 atom stereocenters. The molecule has 3 rings (SSSR count). The highest BCUT2D eigenvalue weighted by Gasteiger charge is 2.09. The first kappa shape index (κ1) is 18.5. The molecule has 0 saturated heterocycles. The molecule has 6 nitrogen and oxygen atoms in total. The van der Waals surface area contributed by atoms with E-state index in [0.29, 0.717) is 27.8 Å². The van der Waals surface area contributed by atoms with Gasteiger partial charge in [0.2, 0.25) is 5.95 Å². The Balaban J connectivity index is 1.66. The predicted molar refractivity (Wildman–Crippen MR) is 106 cm³/mol. The maximum Gasteiger partial charge on any atom is 0.258 e. The van der Waals surface area contributed by atoms with Crippen molar-refractivity contribution in [3.05, 3.63) is 76.6 Å². The summed E-state index contributed by atoms with van der Waals surface area (Å²) in [5.74, 6) is -0.00739. The highest BCUT2D eigenvalue weighted by molar-refractivity contribution is 6.31. The molecule has 2 aromatic carbocycles. The molecule has 27 heavy (non-hydrogen) atoms. The van der Waals surface area contributed by atoms with E-state index in [1.165, 1.54) is 19.3 Å². The van der Waals surface area contributed by atoms with E-state index in [-0.39, 0.29) is 11.7 Å². The molecule has 0 aliphatic carbocycles. The van der Waals surface area contributed by atoms with Gasteiger partial charge in [0.25, 0.3) is 5.91 Å². The topological polar surface area (TPSA) is 84.0 Å². The van der Waals surface area contributed by atoms with Crippen LogP contribution in [0.25, 0.3) is 0 Å². The number of hydrogen-bond donors (Lipinski definition) is 2. The smallest absolute Gasteiger partial charge is 0.258 e. The minimum atomic E-state index is -0.337. The van der Waals surface area contributed by atoms with Crippen molar-refractivity contribution in [3.63, 3.8) is 0 Å². The SMILES string of the molecule is CC(=O)c1ccc(NC(=O)c2cnc(Nc3ccc(C)c(Cl)c3)nc2)cc1. The van der Waals surface area contributed by atoms with Gasteiger partial charge in [-0.25, -0.2) is 9.97 Å². The molecule has 0 radical (unpaired) electrons. The molecular weight excluding hydrogens is 364 g/mol. The Morgan fingerprint density at radius 3 is 2.15 bits per heavy atom. The van der Waals surface area contributed by atoms with Gasteiger partial charge in [-0.2, -0.15) is 0 Å². The van der Waals surface area contributed by atoms with Crippen LogP contribution in [-0.4, -0.2) is 21.7 Å². The van der Waals surface area contributed by atoms with Crippen molar-refractivity contribution in [1.29, 1.82) is 0 Å². The van der Waals surface area contributed by atoms with E-state index in [9.17, 15) is 9.59 Å². The molecule has 1 aromatic heterocycles. The molecule has 0 aliphatic heterocycles. The maximum absolute atomic E-state index is 12.3. The van der Waals surface area contributed by atoms with Crippen molar-refractivity contribution >= 4 is 40.6 Å². The second-order valence-corrected chi connectivity index (χ2v) is 6.38. The van der Waals surface area contributed by atoms with Crippen LogP contribution in [0.2, 0.25) is 5.02 Å². The van der Waals surface area contributed by atoms with Crippen molar-refractivity contribution in [2.45, 2.75) is 13.8 Å². The fourth-order valence-electron chi connectivity index (χ4n) is 2.30. The number of Topliss-reactive ketones (excluding diaryl/α,β-unsaturated/α-hetero) is 1. The van der Waals surface area contributed by atoms with E-state index in [1.807, 2.05) is 19.1 Å². The van der Waals surface area contributed by atoms with Crippen LogP contribution in [0.3, 0.4) is 0 Å². The molecule has 1 heterocycles. The Bertz CT molecular complexity index is 986. The van der Waals surface area contributed by atoms with E-state index >= 15 is 0 Å². The monoisotopic (exact) mass is 380 g/mol.